The van der Waals surface area contributed by atoms with E-state index in [0.29, 0.717) is 41.6 Å². The van der Waals surface area contributed by atoms with E-state index in [4.69, 9.17) is 0 Å². The van der Waals surface area contributed by atoms with Crippen molar-refractivity contribution in [2.45, 2.75) is 34.2 Å². The Morgan fingerprint density at radius 1 is 1.15 bits per heavy atom. The Morgan fingerprint density at radius 2 is 1.82 bits per heavy atom. The van der Waals surface area contributed by atoms with E-state index in [1.165, 1.54) is 10.9 Å². The molecule has 0 aliphatic heterocycles. The topological polar surface area (TPSA) is 137 Å². The van der Waals surface area contributed by atoms with Crippen molar-refractivity contribution in [3.8, 4) is 0 Å². The molecule has 33 heavy (non-hydrogen) atoms. The molecule has 0 atom stereocenters. The van der Waals surface area contributed by atoms with Crippen LogP contribution < -0.4 is 10.6 Å². The zero-order valence-electron chi connectivity index (χ0n) is 19.2. The molecule has 3 aromatic rings. The van der Waals surface area contributed by atoms with Crippen LogP contribution in [0.15, 0.2) is 30.5 Å². The molecule has 2 aromatic heterocycles. The number of hydrogen-bond donors (Lipinski definition) is 2. The van der Waals surface area contributed by atoms with Gasteiger partial charge < -0.3 is 10.6 Å². The molecule has 0 saturated heterocycles. The van der Waals surface area contributed by atoms with Crippen molar-refractivity contribution >= 4 is 23.2 Å². The summed E-state index contributed by atoms with van der Waals surface area (Å²) < 4.78 is 2.99. The highest BCUT2D eigenvalue weighted by molar-refractivity contribution is 6.08. The van der Waals surface area contributed by atoms with Crippen LogP contribution in [0.3, 0.4) is 0 Å². The second-order valence-electron chi connectivity index (χ2n) is 8.22. The van der Waals surface area contributed by atoms with Crippen LogP contribution in [0.1, 0.15) is 51.6 Å². The second-order valence-corrected chi connectivity index (χ2v) is 8.22. The summed E-state index contributed by atoms with van der Waals surface area (Å²) in [4.78, 5) is 36.0. The van der Waals surface area contributed by atoms with E-state index in [0.717, 1.165) is 5.56 Å². The lowest BCUT2D eigenvalue weighted by Gasteiger charge is -2.10. The second kappa shape index (κ2) is 9.63. The van der Waals surface area contributed by atoms with Gasteiger partial charge >= 0.3 is 5.69 Å². The predicted molar refractivity (Wildman–Crippen MR) is 122 cm³/mol. The monoisotopic (exact) mass is 453 g/mol. The average Bonchev–Trinajstić information content (AvgIpc) is 3.25. The third-order valence-corrected chi connectivity index (χ3v) is 5.15. The number of hydrogen-bond acceptors (Lipinski definition) is 6. The van der Waals surface area contributed by atoms with Gasteiger partial charge in [0.25, 0.3) is 11.8 Å². The van der Waals surface area contributed by atoms with Crippen LogP contribution in [0.4, 0.5) is 11.4 Å². The van der Waals surface area contributed by atoms with Gasteiger partial charge in [0.05, 0.1) is 23.4 Å². The number of nitro groups is 1. The summed E-state index contributed by atoms with van der Waals surface area (Å²) in [5.41, 5.74) is 2.67. The molecule has 0 bridgehead atoms. The molecule has 174 valence electrons. The third-order valence-electron chi connectivity index (χ3n) is 5.15. The lowest BCUT2D eigenvalue weighted by atomic mass is 10.1. The average molecular weight is 454 g/mol. The van der Waals surface area contributed by atoms with Gasteiger partial charge in [0.1, 0.15) is 17.1 Å². The van der Waals surface area contributed by atoms with Crippen molar-refractivity contribution in [3.63, 3.8) is 0 Å². The lowest BCUT2D eigenvalue weighted by molar-refractivity contribution is -0.386. The number of rotatable bonds is 8. The minimum Gasteiger partial charge on any atom is -0.350 e. The zero-order valence-corrected chi connectivity index (χ0v) is 19.2. The van der Waals surface area contributed by atoms with Crippen molar-refractivity contribution in [1.29, 1.82) is 0 Å². The molecule has 0 unspecified atom stereocenters. The Labute approximate surface area is 190 Å². The van der Waals surface area contributed by atoms with Gasteiger partial charge in [-0.05, 0) is 37.5 Å². The van der Waals surface area contributed by atoms with E-state index >= 15 is 0 Å². The highest BCUT2D eigenvalue weighted by Crippen LogP contribution is 2.23. The summed E-state index contributed by atoms with van der Waals surface area (Å²) in [5.74, 6) is -0.401. The number of amides is 2. The van der Waals surface area contributed by atoms with Gasteiger partial charge in [0, 0.05) is 19.2 Å². The maximum Gasteiger partial charge on any atom is 0.312 e. The van der Waals surface area contributed by atoms with E-state index in [2.05, 4.69) is 20.8 Å². The summed E-state index contributed by atoms with van der Waals surface area (Å²) in [7, 11) is 1.64. The van der Waals surface area contributed by atoms with Gasteiger partial charge in [0.15, 0.2) is 0 Å². The first-order valence-electron chi connectivity index (χ1n) is 10.5. The third kappa shape index (κ3) is 5.25. The Hall–Kier alpha value is -4.02. The van der Waals surface area contributed by atoms with Crippen molar-refractivity contribution < 1.29 is 14.5 Å². The van der Waals surface area contributed by atoms with Crippen LogP contribution in [0.25, 0.3) is 0 Å². The van der Waals surface area contributed by atoms with Gasteiger partial charge in [-0.15, -0.1) is 0 Å². The van der Waals surface area contributed by atoms with Crippen molar-refractivity contribution in [1.82, 2.24) is 24.9 Å². The Kier molecular flexibility index (Phi) is 6.90. The van der Waals surface area contributed by atoms with E-state index in [1.54, 1.807) is 49.8 Å². The maximum absolute atomic E-state index is 12.7. The minimum atomic E-state index is -0.433. The van der Waals surface area contributed by atoms with Crippen molar-refractivity contribution in [3.05, 3.63) is 68.8 Å². The normalized spacial score (nSPS) is 11.0. The number of nitrogens with zero attached hydrogens (tertiary/aromatic N) is 5. The molecule has 0 fully saturated rings. The molecule has 2 N–H and O–H groups in total. The lowest BCUT2D eigenvalue weighted by Crippen LogP contribution is -2.30. The molecule has 0 spiro atoms. The maximum atomic E-state index is 12.7. The molecule has 0 radical (unpaired) electrons. The first kappa shape index (κ1) is 23.6. The number of anilines is 1. The molecule has 3 rings (SSSR count). The van der Waals surface area contributed by atoms with Gasteiger partial charge in [-0.25, -0.2) is 0 Å². The molecule has 0 aliphatic rings. The SMILES string of the molecule is Cc1nn(Cc2ccc(C(=O)Nc3cnn(C)c3C(=O)NCC(C)C)cc2)c(C)c1[N+](=O)[O-]. The van der Waals surface area contributed by atoms with E-state index < -0.39 is 4.92 Å². The van der Waals surface area contributed by atoms with E-state index in [1.807, 2.05) is 13.8 Å². The van der Waals surface area contributed by atoms with Crippen LogP contribution in [0.5, 0.6) is 0 Å². The quantitative estimate of drug-likeness (QED) is 0.397. The Bertz CT molecular complexity index is 1190. The summed E-state index contributed by atoms with van der Waals surface area (Å²) in [6.45, 7) is 8.09. The Balaban J connectivity index is 1.72. The molecule has 0 saturated carbocycles. The van der Waals surface area contributed by atoms with Crippen LogP contribution in [-0.2, 0) is 13.6 Å². The fraction of sp³-hybridized carbons (Fsp3) is 0.364. The predicted octanol–water partition coefficient (Wildman–Crippen LogP) is 2.83. The van der Waals surface area contributed by atoms with Gasteiger partial charge in [0.2, 0.25) is 0 Å². The van der Waals surface area contributed by atoms with Gasteiger partial charge in [-0.1, -0.05) is 26.0 Å². The van der Waals surface area contributed by atoms with Crippen molar-refractivity contribution in [2.24, 2.45) is 13.0 Å². The van der Waals surface area contributed by atoms with Crippen molar-refractivity contribution in [2.75, 3.05) is 11.9 Å². The van der Waals surface area contributed by atoms with Crippen LogP contribution in [-0.4, -0.2) is 42.8 Å². The molecular weight excluding hydrogens is 426 g/mol. The largest absolute Gasteiger partial charge is 0.350 e. The smallest absolute Gasteiger partial charge is 0.312 e. The summed E-state index contributed by atoms with van der Waals surface area (Å²) in [6, 6.07) is 6.83. The highest BCUT2D eigenvalue weighted by atomic mass is 16.6. The summed E-state index contributed by atoms with van der Waals surface area (Å²) in [6.07, 6.45) is 1.44. The van der Waals surface area contributed by atoms with Crippen LogP contribution >= 0.6 is 0 Å². The number of nitrogens with one attached hydrogen (secondary N) is 2. The molecule has 2 amide bonds. The molecule has 2 heterocycles. The van der Waals surface area contributed by atoms with Crippen LogP contribution in [0.2, 0.25) is 0 Å². The fourth-order valence-corrected chi connectivity index (χ4v) is 3.41. The Morgan fingerprint density at radius 3 is 2.39 bits per heavy atom. The van der Waals surface area contributed by atoms with E-state index in [-0.39, 0.29) is 23.2 Å². The molecular formula is C22H27N7O4. The minimum absolute atomic E-state index is 0.00991. The van der Waals surface area contributed by atoms with E-state index in [9.17, 15) is 19.7 Å². The highest BCUT2D eigenvalue weighted by Gasteiger charge is 2.22. The fourth-order valence-electron chi connectivity index (χ4n) is 3.41. The number of carbonyl (C=O) groups excluding carboxylic acids is 2. The first-order valence-corrected chi connectivity index (χ1v) is 10.5. The standard InChI is InChI=1S/C22H27N7O4/c1-13(2)10-23-22(31)20-18(11-24-27(20)5)25-21(30)17-8-6-16(7-9-17)12-28-15(4)19(29(32)33)14(3)26-28/h6-9,11,13H,10,12H2,1-5H3,(H,23,31)(H,25,30). The summed E-state index contributed by atoms with van der Waals surface area (Å²) in [5, 5.41) is 25.1. The molecule has 11 nitrogen and oxygen atoms in total. The first-order chi connectivity index (χ1) is 15.6. The number of aryl methyl sites for hydroxylation is 2. The number of benzene rings is 1. The zero-order chi connectivity index (χ0) is 24.3. The number of aromatic nitrogens is 4. The van der Waals surface area contributed by atoms with Gasteiger partial charge in [-0.2, -0.15) is 10.2 Å². The van der Waals surface area contributed by atoms with Crippen LogP contribution in [0, 0.1) is 29.9 Å². The van der Waals surface area contributed by atoms with Gasteiger partial charge in [-0.3, -0.25) is 29.1 Å². The molecule has 1 aromatic carbocycles. The molecule has 11 heteroatoms. The number of carbonyl (C=O) groups is 2. The molecule has 0 aliphatic carbocycles. The summed E-state index contributed by atoms with van der Waals surface area (Å²) >= 11 is 0.